The van der Waals surface area contributed by atoms with Gasteiger partial charge in [0.2, 0.25) is 5.75 Å². The lowest BCUT2D eigenvalue weighted by Gasteiger charge is -2.15. The molecule has 0 fully saturated rings. The van der Waals surface area contributed by atoms with Crippen LogP contribution in [0.5, 0.6) is 17.2 Å². The van der Waals surface area contributed by atoms with E-state index in [0.717, 1.165) is 5.56 Å². The molecular formula is C19H19Cl2NO6. The van der Waals surface area contributed by atoms with Crippen LogP contribution in [-0.4, -0.2) is 39.8 Å². The first kappa shape index (κ1) is 21.7. The van der Waals surface area contributed by atoms with Crippen LogP contribution >= 0.6 is 23.2 Å². The van der Waals surface area contributed by atoms with Crippen molar-refractivity contribution in [3.63, 3.8) is 0 Å². The van der Waals surface area contributed by atoms with E-state index >= 15 is 0 Å². The Bertz CT molecular complexity index is 900. The van der Waals surface area contributed by atoms with Crippen molar-refractivity contribution in [3.05, 3.63) is 45.4 Å². The SMILES string of the molecule is COc1ccc(C(=O)OCC(=O)Nc2c(Cl)ccc(C)c2Cl)c(OC)c1OC. The molecule has 2 aromatic rings. The van der Waals surface area contributed by atoms with E-state index in [1.165, 1.54) is 33.5 Å². The molecule has 0 heterocycles. The van der Waals surface area contributed by atoms with Crippen LogP contribution in [0.2, 0.25) is 10.0 Å². The van der Waals surface area contributed by atoms with Gasteiger partial charge >= 0.3 is 5.97 Å². The summed E-state index contributed by atoms with van der Waals surface area (Å²) in [6.07, 6.45) is 0. The van der Waals surface area contributed by atoms with Crippen LogP contribution < -0.4 is 19.5 Å². The molecule has 0 aliphatic heterocycles. The lowest BCUT2D eigenvalue weighted by molar-refractivity contribution is -0.119. The fraction of sp³-hybridized carbons (Fsp3) is 0.263. The Morgan fingerprint density at radius 1 is 0.964 bits per heavy atom. The van der Waals surface area contributed by atoms with E-state index in [-0.39, 0.29) is 27.8 Å². The second-order valence-electron chi connectivity index (χ2n) is 5.56. The Morgan fingerprint density at radius 3 is 2.25 bits per heavy atom. The van der Waals surface area contributed by atoms with Crippen molar-refractivity contribution in [3.8, 4) is 17.2 Å². The number of carbonyl (C=O) groups is 2. The minimum atomic E-state index is -0.769. The number of esters is 1. The Balaban J connectivity index is 2.12. The molecule has 0 radical (unpaired) electrons. The van der Waals surface area contributed by atoms with Gasteiger partial charge in [0.1, 0.15) is 5.56 Å². The average Bonchev–Trinajstić information content (AvgIpc) is 2.70. The number of hydrogen-bond acceptors (Lipinski definition) is 6. The number of halogens is 2. The molecular weight excluding hydrogens is 409 g/mol. The van der Waals surface area contributed by atoms with Gasteiger partial charge in [-0.2, -0.15) is 0 Å². The summed E-state index contributed by atoms with van der Waals surface area (Å²) in [7, 11) is 4.25. The molecule has 0 aromatic heterocycles. The maximum atomic E-state index is 12.4. The van der Waals surface area contributed by atoms with Gasteiger partial charge < -0.3 is 24.3 Å². The lowest BCUT2D eigenvalue weighted by atomic mass is 10.1. The summed E-state index contributed by atoms with van der Waals surface area (Å²) in [6, 6.07) is 6.32. The van der Waals surface area contributed by atoms with Crippen molar-refractivity contribution in [1.29, 1.82) is 0 Å². The molecule has 1 amide bonds. The predicted molar refractivity (Wildman–Crippen MR) is 106 cm³/mol. The minimum absolute atomic E-state index is 0.0829. The molecule has 0 unspecified atom stereocenters. The molecule has 0 bridgehead atoms. The van der Waals surface area contributed by atoms with Crippen LogP contribution in [-0.2, 0) is 9.53 Å². The Labute approximate surface area is 172 Å². The zero-order valence-corrected chi connectivity index (χ0v) is 17.2. The third kappa shape index (κ3) is 4.61. The van der Waals surface area contributed by atoms with Gasteiger partial charge in [0.05, 0.1) is 37.1 Å². The van der Waals surface area contributed by atoms with Crippen molar-refractivity contribution in [1.82, 2.24) is 0 Å². The van der Waals surface area contributed by atoms with E-state index in [1.54, 1.807) is 19.1 Å². The van der Waals surface area contributed by atoms with Gasteiger partial charge in [-0.05, 0) is 30.7 Å². The second-order valence-corrected chi connectivity index (χ2v) is 6.34. The molecule has 0 saturated heterocycles. The van der Waals surface area contributed by atoms with Gasteiger partial charge in [-0.15, -0.1) is 0 Å². The number of ether oxygens (including phenoxy) is 4. The monoisotopic (exact) mass is 427 g/mol. The smallest absolute Gasteiger partial charge is 0.342 e. The van der Waals surface area contributed by atoms with E-state index < -0.39 is 18.5 Å². The molecule has 0 aliphatic rings. The predicted octanol–water partition coefficient (Wildman–Crippen LogP) is 4.12. The summed E-state index contributed by atoms with van der Waals surface area (Å²) in [5, 5.41) is 3.13. The number of aryl methyl sites for hydroxylation is 1. The highest BCUT2D eigenvalue weighted by Crippen LogP contribution is 2.40. The van der Waals surface area contributed by atoms with E-state index in [4.69, 9.17) is 42.1 Å². The number of hydrogen-bond donors (Lipinski definition) is 1. The standard InChI is InChI=1S/C19H19Cl2NO6/c1-10-5-7-12(20)16(15(10)21)22-14(23)9-28-19(24)11-6-8-13(25-2)18(27-4)17(11)26-3/h5-8H,9H2,1-4H3,(H,22,23). The zero-order chi connectivity index (χ0) is 20.8. The molecule has 7 nitrogen and oxygen atoms in total. The number of carbonyl (C=O) groups excluding carboxylic acids is 2. The fourth-order valence-electron chi connectivity index (χ4n) is 2.42. The van der Waals surface area contributed by atoms with Gasteiger partial charge in [0, 0.05) is 0 Å². The Morgan fingerprint density at radius 2 is 1.64 bits per heavy atom. The summed E-state index contributed by atoms with van der Waals surface area (Å²) in [5.41, 5.74) is 1.08. The van der Waals surface area contributed by atoms with Gasteiger partial charge in [-0.1, -0.05) is 29.3 Å². The van der Waals surface area contributed by atoms with Gasteiger partial charge in [-0.25, -0.2) is 4.79 Å². The first-order chi connectivity index (χ1) is 13.3. The summed E-state index contributed by atoms with van der Waals surface area (Å²) < 4.78 is 20.7. The summed E-state index contributed by atoms with van der Waals surface area (Å²) >= 11 is 12.2. The Kier molecular flexibility index (Phi) is 7.37. The molecule has 2 aromatic carbocycles. The first-order valence-electron chi connectivity index (χ1n) is 8.04. The molecule has 2 rings (SSSR count). The van der Waals surface area contributed by atoms with Gasteiger partial charge in [-0.3, -0.25) is 4.79 Å². The number of nitrogens with one attached hydrogen (secondary N) is 1. The van der Waals surface area contributed by atoms with Crippen molar-refractivity contribution in [2.75, 3.05) is 33.3 Å². The summed E-state index contributed by atoms with van der Waals surface area (Å²) in [5.74, 6) is -0.604. The van der Waals surface area contributed by atoms with E-state index in [1.807, 2.05) is 0 Å². The summed E-state index contributed by atoms with van der Waals surface area (Å²) in [6.45, 7) is 1.23. The van der Waals surface area contributed by atoms with E-state index in [2.05, 4.69) is 5.32 Å². The largest absolute Gasteiger partial charge is 0.493 e. The van der Waals surface area contributed by atoms with Crippen LogP contribution in [0.3, 0.4) is 0 Å². The third-order valence-corrected chi connectivity index (χ3v) is 4.61. The number of amides is 1. The molecule has 9 heteroatoms. The fourth-order valence-corrected chi connectivity index (χ4v) is 2.88. The van der Waals surface area contributed by atoms with Crippen LogP contribution in [0.4, 0.5) is 5.69 Å². The summed E-state index contributed by atoms with van der Waals surface area (Å²) in [4.78, 5) is 24.6. The topological polar surface area (TPSA) is 83.1 Å². The average molecular weight is 428 g/mol. The third-order valence-electron chi connectivity index (χ3n) is 3.81. The molecule has 1 N–H and O–H groups in total. The molecule has 0 atom stereocenters. The van der Waals surface area contributed by atoms with Crippen molar-refractivity contribution < 1.29 is 28.5 Å². The highest BCUT2D eigenvalue weighted by Gasteiger charge is 2.22. The number of anilines is 1. The van der Waals surface area contributed by atoms with Gasteiger partial charge in [0.25, 0.3) is 5.91 Å². The van der Waals surface area contributed by atoms with Crippen molar-refractivity contribution in [2.24, 2.45) is 0 Å². The number of rotatable bonds is 7. The Hall–Kier alpha value is -2.64. The van der Waals surface area contributed by atoms with E-state index in [0.29, 0.717) is 10.8 Å². The quantitative estimate of drug-likeness (QED) is 0.668. The van der Waals surface area contributed by atoms with Crippen molar-refractivity contribution in [2.45, 2.75) is 6.92 Å². The zero-order valence-electron chi connectivity index (χ0n) is 15.7. The van der Waals surface area contributed by atoms with Crippen LogP contribution in [0.1, 0.15) is 15.9 Å². The molecule has 0 spiro atoms. The molecule has 0 aliphatic carbocycles. The van der Waals surface area contributed by atoms with Crippen LogP contribution in [0.25, 0.3) is 0 Å². The second kappa shape index (κ2) is 9.52. The van der Waals surface area contributed by atoms with Crippen LogP contribution in [0.15, 0.2) is 24.3 Å². The normalized spacial score (nSPS) is 10.2. The first-order valence-corrected chi connectivity index (χ1v) is 8.80. The molecule has 0 saturated carbocycles. The molecule has 28 heavy (non-hydrogen) atoms. The molecule has 150 valence electrons. The number of methoxy groups -OCH3 is 3. The van der Waals surface area contributed by atoms with Gasteiger partial charge in [0.15, 0.2) is 18.1 Å². The maximum Gasteiger partial charge on any atom is 0.342 e. The highest BCUT2D eigenvalue weighted by molar-refractivity contribution is 6.40. The minimum Gasteiger partial charge on any atom is -0.493 e. The maximum absolute atomic E-state index is 12.4. The van der Waals surface area contributed by atoms with E-state index in [9.17, 15) is 9.59 Å². The lowest BCUT2D eigenvalue weighted by Crippen LogP contribution is -2.21. The van der Waals surface area contributed by atoms with Crippen molar-refractivity contribution >= 4 is 40.8 Å². The van der Waals surface area contributed by atoms with Crippen LogP contribution in [0, 0.1) is 6.92 Å². The number of benzene rings is 2. The highest BCUT2D eigenvalue weighted by atomic mass is 35.5.